The van der Waals surface area contributed by atoms with Gasteiger partial charge in [0.2, 0.25) is 0 Å². The molecule has 152 valence electrons. The minimum Gasteiger partial charge on any atom is -0.491 e. The van der Waals surface area contributed by atoms with Crippen LogP contribution in [0.3, 0.4) is 0 Å². The summed E-state index contributed by atoms with van der Waals surface area (Å²) in [4.78, 5) is 27.1. The largest absolute Gasteiger partial charge is 0.491 e. The SMILES string of the molecule is COc1c(-c2ccc(-n3cc(CNC(=O)c4ccc(Cl)s4)nn3)cc2)cc[nH]c1=O. The van der Waals surface area contributed by atoms with E-state index in [1.165, 1.54) is 18.4 Å². The summed E-state index contributed by atoms with van der Waals surface area (Å²) >= 11 is 7.07. The number of benzene rings is 1. The van der Waals surface area contributed by atoms with Crippen LogP contribution in [0.25, 0.3) is 16.8 Å². The number of hydrogen-bond acceptors (Lipinski definition) is 6. The second kappa shape index (κ2) is 8.52. The summed E-state index contributed by atoms with van der Waals surface area (Å²) in [5, 5.41) is 11.0. The summed E-state index contributed by atoms with van der Waals surface area (Å²) in [6, 6.07) is 12.6. The van der Waals surface area contributed by atoms with E-state index in [1.54, 1.807) is 35.3 Å². The number of carbonyl (C=O) groups excluding carboxylic acids is 1. The molecule has 0 bridgehead atoms. The lowest BCUT2D eigenvalue weighted by atomic mass is 10.1. The molecule has 0 unspecified atom stereocenters. The monoisotopic (exact) mass is 441 g/mol. The molecule has 10 heteroatoms. The molecule has 3 heterocycles. The van der Waals surface area contributed by atoms with E-state index in [9.17, 15) is 9.59 Å². The molecule has 2 N–H and O–H groups in total. The number of aromatic amines is 1. The second-order valence-electron chi connectivity index (χ2n) is 6.24. The van der Waals surface area contributed by atoms with Crippen LogP contribution in [0.15, 0.2) is 59.7 Å². The van der Waals surface area contributed by atoms with Crippen LogP contribution in [0.1, 0.15) is 15.4 Å². The van der Waals surface area contributed by atoms with Gasteiger partial charge in [0.1, 0.15) is 5.69 Å². The smallest absolute Gasteiger partial charge is 0.290 e. The highest BCUT2D eigenvalue weighted by Crippen LogP contribution is 2.27. The fraction of sp³-hybridized carbons (Fsp3) is 0.100. The molecule has 4 aromatic rings. The van der Waals surface area contributed by atoms with Crippen molar-refractivity contribution in [1.82, 2.24) is 25.3 Å². The molecule has 0 aliphatic rings. The molecular weight excluding hydrogens is 426 g/mol. The van der Waals surface area contributed by atoms with Crippen LogP contribution in [0.5, 0.6) is 5.75 Å². The molecular formula is C20H16ClN5O3S. The molecule has 1 aromatic carbocycles. The molecule has 8 nitrogen and oxygen atoms in total. The normalized spacial score (nSPS) is 10.7. The van der Waals surface area contributed by atoms with Gasteiger partial charge in [-0.25, -0.2) is 4.68 Å². The zero-order chi connectivity index (χ0) is 21.1. The van der Waals surface area contributed by atoms with Crippen LogP contribution in [0.4, 0.5) is 0 Å². The Hall–Kier alpha value is -3.43. The van der Waals surface area contributed by atoms with Gasteiger partial charge in [-0.2, -0.15) is 0 Å². The summed E-state index contributed by atoms with van der Waals surface area (Å²) in [7, 11) is 1.46. The van der Waals surface area contributed by atoms with Gasteiger partial charge in [-0.3, -0.25) is 9.59 Å². The lowest BCUT2D eigenvalue weighted by Gasteiger charge is -2.08. The molecule has 0 saturated heterocycles. The molecule has 0 radical (unpaired) electrons. The quantitative estimate of drug-likeness (QED) is 0.478. The Kier molecular flexibility index (Phi) is 5.64. The van der Waals surface area contributed by atoms with Crippen LogP contribution < -0.4 is 15.6 Å². The van der Waals surface area contributed by atoms with Gasteiger partial charge < -0.3 is 15.0 Å². The number of H-pyrrole nitrogens is 1. The number of amides is 1. The van der Waals surface area contributed by atoms with Crippen LogP contribution in [-0.4, -0.2) is 33.0 Å². The number of methoxy groups -OCH3 is 1. The molecule has 0 fully saturated rings. The predicted octanol–water partition coefficient (Wildman–Crippen LogP) is 3.28. The standard InChI is InChI=1S/C20H16ClN5O3S/c1-29-18-15(8-9-22-20(18)28)12-2-4-14(5-3-12)26-11-13(24-25-26)10-23-19(27)16-6-7-17(21)30-16/h2-9,11H,10H2,1H3,(H,22,28)(H,23,27). The first-order valence-corrected chi connectivity index (χ1v) is 10.1. The number of nitrogens with zero attached hydrogens (tertiary/aromatic N) is 3. The van der Waals surface area contributed by atoms with Gasteiger partial charge in [-0.05, 0) is 35.9 Å². The van der Waals surface area contributed by atoms with Crippen molar-refractivity contribution in [3.63, 3.8) is 0 Å². The Labute approximate surface area is 180 Å². The summed E-state index contributed by atoms with van der Waals surface area (Å²) in [5.74, 6) is 0.0497. The van der Waals surface area contributed by atoms with Gasteiger partial charge in [-0.1, -0.05) is 28.9 Å². The fourth-order valence-electron chi connectivity index (χ4n) is 2.89. The van der Waals surface area contributed by atoms with Gasteiger partial charge in [0.15, 0.2) is 5.75 Å². The zero-order valence-corrected chi connectivity index (χ0v) is 17.3. The third-order valence-corrected chi connectivity index (χ3v) is 5.56. The van der Waals surface area contributed by atoms with Gasteiger partial charge >= 0.3 is 0 Å². The number of ether oxygens (including phenoxy) is 1. The third kappa shape index (κ3) is 4.12. The van der Waals surface area contributed by atoms with E-state index in [2.05, 4.69) is 20.6 Å². The van der Waals surface area contributed by atoms with Crippen molar-refractivity contribution in [2.75, 3.05) is 7.11 Å². The maximum atomic E-state index is 12.1. The number of rotatable bonds is 6. The Morgan fingerprint density at radius 1 is 1.23 bits per heavy atom. The van der Waals surface area contributed by atoms with E-state index in [0.29, 0.717) is 20.5 Å². The Morgan fingerprint density at radius 2 is 2.03 bits per heavy atom. The van der Waals surface area contributed by atoms with Crippen LogP contribution in [-0.2, 0) is 6.54 Å². The van der Waals surface area contributed by atoms with Crippen molar-refractivity contribution in [1.29, 1.82) is 0 Å². The van der Waals surface area contributed by atoms with Crippen LogP contribution in [0.2, 0.25) is 4.34 Å². The number of aromatic nitrogens is 4. The van der Waals surface area contributed by atoms with Gasteiger partial charge in [0.05, 0.1) is 34.8 Å². The summed E-state index contributed by atoms with van der Waals surface area (Å²) in [6.07, 6.45) is 3.32. The highest BCUT2D eigenvalue weighted by atomic mass is 35.5. The fourth-order valence-corrected chi connectivity index (χ4v) is 3.85. The van der Waals surface area contributed by atoms with E-state index >= 15 is 0 Å². The van der Waals surface area contributed by atoms with E-state index in [-0.39, 0.29) is 23.8 Å². The highest BCUT2D eigenvalue weighted by molar-refractivity contribution is 7.17. The first kappa shape index (κ1) is 19.9. The number of carbonyl (C=O) groups is 1. The molecule has 0 aliphatic carbocycles. The maximum absolute atomic E-state index is 12.1. The summed E-state index contributed by atoms with van der Waals surface area (Å²) < 4.78 is 7.39. The summed E-state index contributed by atoms with van der Waals surface area (Å²) in [6.45, 7) is 0.246. The van der Waals surface area contributed by atoms with Gasteiger partial charge in [0, 0.05) is 11.8 Å². The zero-order valence-electron chi connectivity index (χ0n) is 15.8. The van der Waals surface area contributed by atoms with Crippen molar-refractivity contribution >= 4 is 28.8 Å². The number of thiophene rings is 1. The lowest BCUT2D eigenvalue weighted by Crippen LogP contribution is -2.21. The number of halogens is 1. The minimum atomic E-state index is -0.285. The van der Waals surface area contributed by atoms with Crippen LogP contribution in [0, 0.1) is 0 Å². The lowest BCUT2D eigenvalue weighted by molar-refractivity contribution is 0.0954. The first-order valence-electron chi connectivity index (χ1n) is 8.86. The molecule has 0 aliphatic heterocycles. The van der Waals surface area contributed by atoms with Crippen molar-refractivity contribution < 1.29 is 9.53 Å². The molecule has 0 atom stereocenters. The Balaban J connectivity index is 1.47. The second-order valence-corrected chi connectivity index (χ2v) is 7.96. The highest BCUT2D eigenvalue weighted by Gasteiger charge is 2.11. The topological polar surface area (TPSA) is 102 Å². The molecule has 0 spiro atoms. The van der Waals surface area contributed by atoms with E-state index in [1.807, 2.05) is 24.3 Å². The third-order valence-electron chi connectivity index (χ3n) is 4.33. The Morgan fingerprint density at radius 3 is 2.73 bits per heavy atom. The van der Waals surface area contributed by atoms with Crippen molar-refractivity contribution in [2.45, 2.75) is 6.54 Å². The number of nitrogens with one attached hydrogen (secondary N) is 2. The van der Waals surface area contributed by atoms with Crippen LogP contribution >= 0.6 is 22.9 Å². The summed E-state index contributed by atoms with van der Waals surface area (Å²) in [5.41, 5.74) is 2.66. The maximum Gasteiger partial charge on any atom is 0.290 e. The van der Waals surface area contributed by atoms with E-state index in [0.717, 1.165) is 11.3 Å². The molecule has 3 aromatic heterocycles. The Bertz CT molecular complexity index is 1250. The van der Waals surface area contributed by atoms with Crippen molar-refractivity contribution in [2.24, 2.45) is 0 Å². The molecule has 0 saturated carbocycles. The molecule has 1 amide bonds. The first-order chi connectivity index (χ1) is 14.5. The average Bonchev–Trinajstić information content (AvgIpc) is 3.41. The van der Waals surface area contributed by atoms with E-state index in [4.69, 9.17) is 16.3 Å². The molecule has 4 rings (SSSR count). The predicted molar refractivity (Wildman–Crippen MR) is 114 cm³/mol. The minimum absolute atomic E-state index is 0.211. The van der Waals surface area contributed by atoms with Crippen molar-refractivity contribution in [3.05, 3.63) is 80.1 Å². The molecule has 30 heavy (non-hydrogen) atoms. The number of hydrogen-bond donors (Lipinski definition) is 2. The van der Waals surface area contributed by atoms with Crippen molar-refractivity contribution in [3.8, 4) is 22.6 Å². The van der Waals surface area contributed by atoms with Gasteiger partial charge in [0.25, 0.3) is 11.5 Å². The van der Waals surface area contributed by atoms with E-state index < -0.39 is 0 Å². The van der Waals surface area contributed by atoms with Gasteiger partial charge in [-0.15, -0.1) is 16.4 Å². The average molecular weight is 442 g/mol. The number of pyridine rings is 1.